The van der Waals surface area contributed by atoms with E-state index >= 15 is 0 Å². The molecule has 0 aliphatic heterocycles. The number of fused-ring (bicyclic) bond motifs is 1. The van der Waals surface area contributed by atoms with Gasteiger partial charge in [-0.15, -0.1) is 0 Å². The van der Waals surface area contributed by atoms with E-state index in [0.717, 1.165) is 11.0 Å². The molecule has 20 heavy (non-hydrogen) atoms. The fourth-order valence-corrected chi connectivity index (χ4v) is 2.02. The zero-order valence-corrected chi connectivity index (χ0v) is 11.8. The number of hydrogen-bond donors (Lipinski definition) is 1. The van der Waals surface area contributed by atoms with Gasteiger partial charge in [0.15, 0.2) is 0 Å². The number of carbonyl (C=O) groups is 1. The van der Waals surface area contributed by atoms with Gasteiger partial charge in [0, 0.05) is 6.54 Å². The van der Waals surface area contributed by atoms with E-state index in [9.17, 15) is 4.79 Å². The highest BCUT2D eigenvalue weighted by molar-refractivity contribution is 5.81. The van der Waals surface area contributed by atoms with Gasteiger partial charge in [-0.1, -0.05) is 26.0 Å². The molecule has 2 rings (SSSR count). The van der Waals surface area contributed by atoms with Crippen LogP contribution < -0.4 is 5.32 Å². The van der Waals surface area contributed by atoms with Gasteiger partial charge < -0.3 is 9.88 Å². The second-order valence-electron chi connectivity index (χ2n) is 5.14. The summed E-state index contributed by atoms with van der Waals surface area (Å²) in [5.74, 6) is 0.992. The smallest absolute Gasteiger partial charge is 0.240 e. The highest BCUT2D eigenvalue weighted by Gasteiger charge is 2.13. The van der Waals surface area contributed by atoms with Crippen LogP contribution in [-0.2, 0) is 17.8 Å². The summed E-state index contributed by atoms with van der Waals surface area (Å²) >= 11 is 0. The molecule has 5 heteroatoms. The van der Waals surface area contributed by atoms with Crippen molar-refractivity contribution in [3.63, 3.8) is 0 Å². The van der Waals surface area contributed by atoms with E-state index in [1.54, 1.807) is 0 Å². The third-order valence-corrected chi connectivity index (χ3v) is 2.98. The van der Waals surface area contributed by atoms with Gasteiger partial charge in [0.2, 0.25) is 5.91 Å². The first kappa shape index (κ1) is 14.1. The number of aromatic nitrogens is 2. The predicted octanol–water partition coefficient (Wildman–Crippen LogP) is 1.87. The molecule has 1 aromatic carbocycles. The van der Waals surface area contributed by atoms with Gasteiger partial charge in [-0.05, 0) is 18.1 Å². The topological polar surface area (TPSA) is 70.7 Å². The number of amides is 1. The maximum atomic E-state index is 12.0. The number of para-hydroxylation sites is 2. The van der Waals surface area contributed by atoms with Crippen LogP contribution in [0.25, 0.3) is 11.0 Å². The molecular weight excluding hydrogens is 252 g/mol. The van der Waals surface area contributed by atoms with Crippen molar-refractivity contribution >= 4 is 16.9 Å². The summed E-state index contributed by atoms with van der Waals surface area (Å²) in [5.41, 5.74) is 1.70. The van der Waals surface area contributed by atoms with Crippen molar-refractivity contribution in [3.8, 4) is 6.07 Å². The van der Waals surface area contributed by atoms with Gasteiger partial charge in [-0.3, -0.25) is 4.79 Å². The molecule has 0 aliphatic carbocycles. The van der Waals surface area contributed by atoms with Crippen LogP contribution in [0.15, 0.2) is 24.3 Å². The second kappa shape index (κ2) is 6.20. The van der Waals surface area contributed by atoms with Crippen LogP contribution in [0.5, 0.6) is 0 Å². The molecule has 0 bridgehead atoms. The first-order chi connectivity index (χ1) is 9.61. The molecule has 0 radical (unpaired) electrons. The zero-order chi connectivity index (χ0) is 14.5. The van der Waals surface area contributed by atoms with Gasteiger partial charge in [-0.25, -0.2) is 4.98 Å². The number of imidazole rings is 1. The number of nitrogens with one attached hydrogen (secondary N) is 1. The van der Waals surface area contributed by atoms with E-state index in [4.69, 9.17) is 5.26 Å². The molecule has 1 aromatic heterocycles. The maximum Gasteiger partial charge on any atom is 0.240 e. The monoisotopic (exact) mass is 270 g/mol. The summed E-state index contributed by atoms with van der Waals surface area (Å²) < 4.78 is 1.81. The molecule has 1 heterocycles. The first-order valence-corrected chi connectivity index (χ1v) is 6.69. The van der Waals surface area contributed by atoms with Crippen LogP contribution in [0, 0.1) is 17.2 Å². The summed E-state index contributed by atoms with van der Waals surface area (Å²) in [7, 11) is 0. The standard InChI is InChI=1S/C15H18N4O/c1-11(2)9-17-15(20)10-19-13-6-4-3-5-12(13)18-14(19)7-8-16/h3-6,11H,7,9-10H2,1-2H3,(H,17,20). The quantitative estimate of drug-likeness (QED) is 0.901. The molecule has 0 fully saturated rings. The van der Waals surface area contributed by atoms with E-state index in [1.165, 1.54) is 0 Å². The normalized spacial score (nSPS) is 10.7. The Labute approximate surface area is 118 Å². The molecular formula is C15H18N4O. The second-order valence-corrected chi connectivity index (χ2v) is 5.14. The lowest BCUT2D eigenvalue weighted by Gasteiger charge is -2.10. The molecule has 2 aromatic rings. The van der Waals surface area contributed by atoms with Crippen molar-refractivity contribution in [1.82, 2.24) is 14.9 Å². The summed E-state index contributed by atoms with van der Waals surface area (Å²) in [6.07, 6.45) is 0.201. The van der Waals surface area contributed by atoms with Crippen LogP contribution in [0.3, 0.4) is 0 Å². The fourth-order valence-electron chi connectivity index (χ4n) is 2.02. The van der Waals surface area contributed by atoms with Crippen LogP contribution in [0.2, 0.25) is 0 Å². The average molecular weight is 270 g/mol. The molecule has 0 saturated heterocycles. The van der Waals surface area contributed by atoms with Gasteiger partial charge in [-0.2, -0.15) is 5.26 Å². The van der Waals surface area contributed by atoms with Crippen LogP contribution in [0.1, 0.15) is 19.7 Å². The van der Waals surface area contributed by atoms with Crippen molar-refractivity contribution in [2.45, 2.75) is 26.8 Å². The molecule has 1 amide bonds. The number of carbonyl (C=O) groups excluding carboxylic acids is 1. The Morgan fingerprint density at radius 2 is 2.20 bits per heavy atom. The number of rotatable bonds is 5. The Balaban J connectivity index is 2.25. The predicted molar refractivity (Wildman–Crippen MR) is 76.9 cm³/mol. The lowest BCUT2D eigenvalue weighted by molar-refractivity contribution is -0.121. The van der Waals surface area contributed by atoms with E-state index in [1.807, 2.05) is 42.7 Å². The molecule has 0 spiro atoms. The first-order valence-electron chi connectivity index (χ1n) is 6.69. The number of nitrogens with zero attached hydrogens (tertiary/aromatic N) is 3. The Bertz CT molecular complexity index is 651. The lowest BCUT2D eigenvalue weighted by Crippen LogP contribution is -2.31. The Kier molecular flexibility index (Phi) is 4.36. The highest BCUT2D eigenvalue weighted by atomic mass is 16.1. The minimum Gasteiger partial charge on any atom is -0.354 e. The number of hydrogen-bond acceptors (Lipinski definition) is 3. The van der Waals surface area contributed by atoms with Gasteiger partial charge in [0.25, 0.3) is 0 Å². The minimum atomic E-state index is -0.0546. The minimum absolute atomic E-state index is 0.0546. The summed E-state index contributed by atoms with van der Waals surface area (Å²) in [5, 5.41) is 11.8. The molecule has 5 nitrogen and oxygen atoms in total. The van der Waals surface area contributed by atoms with E-state index < -0.39 is 0 Å². The Morgan fingerprint density at radius 1 is 1.45 bits per heavy atom. The van der Waals surface area contributed by atoms with Gasteiger partial charge in [0.05, 0.1) is 23.5 Å². The molecule has 0 saturated carbocycles. The Morgan fingerprint density at radius 3 is 2.90 bits per heavy atom. The van der Waals surface area contributed by atoms with Gasteiger partial charge in [0.1, 0.15) is 12.4 Å². The van der Waals surface area contributed by atoms with E-state index in [2.05, 4.69) is 16.4 Å². The lowest BCUT2D eigenvalue weighted by atomic mass is 10.2. The van der Waals surface area contributed by atoms with Crippen LogP contribution >= 0.6 is 0 Å². The van der Waals surface area contributed by atoms with Gasteiger partial charge >= 0.3 is 0 Å². The molecule has 0 aliphatic rings. The SMILES string of the molecule is CC(C)CNC(=O)Cn1c(CC#N)nc2ccccc21. The summed E-state index contributed by atoms with van der Waals surface area (Å²) in [6, 6.07) is 9.70. The fraction of sp³-hybridized carbons (Fsp3) is 0.400. The Hall–Kier alpha value is -2.35. The van der Waals surface area contributed by atoms with Crippen LogP contribution in [-0.4, -0.2) is 22.0 Å². The van der Waals surface area contributed by atoms with Crippen molar-refractivity contribution in [1.29, 1.82) is 5.26 Å². The maximum absolute atomic E-state index is 12.0. The number of nitriles is 1. The highest BCUT2D eigenvalue weighted by Crippen LogP contribution is 2.16. The third kappa shape index (κ3) is 3.15. The van der Waals surface area contributed by atoms with Crippen molar-refractivity contribution < 1.29 is 4.79 Å². The average Bonchev–Trinajstić information content (AvgIpc) is 2.75. The van der Waals surface area contributed by atoms with E-state index in [-0.39, 0.29) is 18.9 Å². The zero-order valence-electron chi connectivity index (χ0n) is 11.8. The number of benzene rings is 1. The van der Waals surface area contributed by atoms with Crippen molar-refractivity contribution in [2.75, 3.05) is 6.54 Å². The molecule has 1 N–H and O–H groups in total. The van der Waals surface area contributed by atoms with Crippen molar-refractivity contribution in [2.24, 2.45) is 5.92 Å². The van der Waals surface area contributed by atoms with Crippen molar-refractivity contribution in [3.05, 3.63) is 30.1 Å². The third-order valence-electron chi connectivity index (χ3n) is 2.98. The molecule has 104 valence electrons. The largest absolute Gasteiger partial charge is 0.354 e. The summed E-state index contributed by atoms with van der Waals surface area (Å²) in [6.45, 7) is 4.95. The summed E-state index contributed by atoms with van der Waals surface area (Å²) in [4.78, 5) is 16.4. The van der Waals surface area contributed by atoms with Crippen LogP contribution in [0.4, 0.5) is 0 Å². The van der Waals surface area contributed by atoms with E-state index in [0.29, 0.717) is 18.3 Å². The molecule has 0 unspecified atom stereocenters. The molecule has 0 atom stereocenters.